The SMILES string of the molecule is Cc1nc(-c2ccccc2NC(=O)c2ccc(Cl)cc2Cl)cs1. The lowest BCUT2D eigenvalue weighted by Crippen LogP contribution is -2.13. The number of hydrogen-bond donors (Lipinski definition) is 1. The predicted octanol–water partition coefficient (Wildman–Crippen LogP) is 5.68. The van der Waals surface area contributed by atoms with Crippen molar-refractivity contribution in [2.45, 2.75) is 6.92 Å². The van der Waals surface area contributed by atoms with E-state index in [1.807, 2.05) is 36.6 Å². The molecule has 2 aromatic carbocycles. The fourth-order valence-corrected chi connectivity index (χ4v) is 3.27. The quantitative estimate of drug-likeness (QED) is 0.651. The fraction of sp³-hybridized carbons (Fsp3) is 0.0588. The highest BCUT2D eigenvalue weighted by atomic mass is 35.5. The largest absolute Gasteiger partial charge is 0.321 e. The van der Waals surface area contributed by atoms with Crippen LogP contribution in [-0.4, -0.2) is 10.9 Å². The van der Waals surface area contributed by atoms with Crippen LogP contribution in [0.3, 0.4) is 0 Å². The summed E-state index contributed by atoms with van der Waals surface area (Å²) < 4.78 is 0. The van der Waals surface area contributed by atoms with Gasteiger partial charge in [-0.25, -0.2) is 4.98 Å². The second kappa shape index (κ2) is 6.71. The first-order valence-electron chi connectivity index (χ1n) is 6.82. The number of benzene rings is 2. The molecule has 0 fully saturated rings. The first-order valence-corrected chi connectivity index (χ1v) is 8.46. The molecule has 6 heteroatoms. The van der Waals surface area contributed by atoms with Crippen molar-refractivity contribution in [1.82, 2.24) is 4.98 Å². The maximum atomic E-state index is 12.5. The summed E-state index contributed by atoms with van der Waals surface area (Å²) in [5, 5.41) is 6.64. The maximum Gasteiger partial charge on any atom is 0.257 e. The molecule has 1 aromatic heterocycles. The number of aromatic nitrogens is 1. The summed E-state index contributed by atoms with van der Waals surface area (Å²) in [4.78, 5) is 17.0. The second-order valence-corrected chi connectivity index (χ2v) is 6.78. The summed E-state index contributed by atoms with van der Waals surface area (Å²) in [5.41, 5.74) is 2.77. The number of hydrogen-bond acceptors (Lipinski definition) is 3. The van der Waals surface area contributed by atoms with Crippen LogP contribution < -0.4 is 5.32 Å². The highest BCUT2D eigenvalue weighted by Crippen LogP contribution is 2.30. The summed E-state index contributed by atoms with van der Waals surface area (Å²) in [5.74, 6) is -0.286. The molecule has 1 N–H and O–H groups in total. The van der Waals surface area contributed by atoms with E-state index < -0.39 is 0 Å². The predicted molar refractivity (Wildman–Crippen MR) is 96.7 cm³/mol. The molecule has 0 unspecified atom stereocenters. The van der Waals surface area contributed by atoms with Gasteiger partial charge < -0.3 is 5.32 Å². The van der Waals surface area contributed by atoms with Crippen molar-refractivity contribution in [3.05, 3.63) is 68.5 Å². The third-order valence-electron chi connectivity index (χ3n) is 3.25. The Bertz CT molecular complexity index is 877. The third kappa shape index (κ3) is 3.55. The number of nitrogens with zero attached hydrogens (tertiary/aromatic N) is 1. The summed E-state index contributed by atoms with van der Waals surface area (Å²) in [7, 11) is 0. The standard InChI is InChI=1S/C17H12Cl2N2OS/c1-10-20-16(9-23-10)13-4-2-3-5-15(13)21-17(22)12-7-6-11(18)8-14(12)19/h2-9H,1H3,(H,21,22). The van der Waals surface area contributed by atoms with Gasteiger partial charge >= 0.3 is 0 Å². The molecule has 0 aliphatic rings. The molecule has 116 valence electrons. The van der Waals surface area contributed by atoms with Gasteiger partial charge in [-0.3, -0.25) is 4.79 Å². The van der Waals surface area contributed by atoms with Crippen LogP contribution in [0.2, 0.25) is 10.0 Å². The van der Waals surface area contributed by atoms with Gasteiger partial charge in [0.15, 0.2) is 0 Å². The molecule has 0 atom stereocenters. The Morgan fingerprint density at radius 3 is 2.65 bits per heavy atom. The van der Waals surface area contributed by atoms with Gasteiger partial charge in [-0.15, -0.1) is 11.3 Å². The van der Waals surface area contributed by atoms with Crippen molar-refractivity contribution >= 4 is 46.1 Å². The lowest BCUT2D eigenvalue weighted by atomic mass is 10.1. The van der Waals surface area contributed by atoms with Crippen molar-refractivity contribution in [2.75, 3.05) is 5.32 Å². The average Bonchev–Trinajstić information content (AvgIpc) is 2.94. The Hall–Kier alpha value is -1.88. The smallest absolute Gasteiger partial charge is 0.257 e. The molecule has 1 amide bonds. The van der Waals surface area contributed by atoms with Crippen LogP contribution in [0.1, 0.15) is 15.4 Å². The van der Waals surface area contributed by atoms with Crippen LogP contribution in [0.15, 0.2) is 47.8 Å². The Morgan fingerprint density at radius 1 is 1.17 bits per heavy atom. The summed E-state index contributed by atoms with van der Waals surface area (Å²) in [6.07, 6.45) is 0. The average molecular weight is 363 g/mol. The van der Waals surface area contributed by atoms with E-state index in [0.717, 1.165) is 16.3 Å². The van der Waals surface area contributed by atoms with Crippen LogP contribution in [0, 0.1) is 6.92 Å². The highest BCUT2D eigenvalue weighted by Gasteiger charge is 2.14. The van der Waals surface area contributed by atoms with E-state index in [-0.39, 0.29) is 5.91 Å². The normalized spacial score (nSPS) is 10.6. The Kier molecular flexibility index (Phi) is 4.66. The van der Waals surface area contributed by atoms with Gasteiger partial charge in [-0.2, -0.15) is 0 Å². The molecule has 3 aromatic rings. The van der Waals surface area contributed by atoms with Crippen LogP contribution in [0.4, 0.5) is 5.69 Å². The van der Waals surface area contributed by atoms with Crippen molar-refractivity contribution in [3.63, 3.8) is 0 Å². The van der Waals surface area contributed by atoms with Gasteiger partial charge in [-0.05, 0) is 31.2 Å². The van der Waals surface area contributed by atoms with Crippen LogP contribution >= 0.6 is 34.5 Å². The number of halogens is 2. The number of thiazole rings is 1. The van der Waals surface area contributed by atoms with Crippen molar-refractivity contribution < 1.29 is 4.79 Å². The molecule has 0 saturated carbocycles. The summed E-state index contributed by atoms with van der Waals surface area (Å²) in [6.45, 7) is 1.95. The van der Waals surface area contributed by atoms with Crippen molar-refractivity contribution in [2.24, 2.45) is 0 Å². The molecule has 0 aliphatic carbocycles. The summed E-state index contributed by atoms with van der Waals surface area (Å²) in [6, 6.07) is 12.3. The molecule has 23 heavy (non-hydrogen) atoms. The van der Waals surface area contributed by atoms with E-state index in [1.165, 1.54) is 0 Å². The van der Waals surface area contributed by atoms with E-state index in [1.54, 1.807) is 29.5 Å². The van der Waals surface area contributed by atoms with E-state index >= 15 is 0 Å². The van der Waals surface area contributed by atoms with Crippen LogP contribution in [0.25, 0.3) is 11.3 Å². The molecule has 1 heterocycles. The molecule has 0 aliphatic heterocycles. The number of carbonyl (C=O) groups is 1. The summed E-state index contributed by atoms with van der Waals surface area (Å²) >= 11 is 13.5. The van der Waals surface area contributed by atoms with E-state index in [9.17, 15) is 4.79 Å². The van der Waals surface area contributed by atoms with E-state index in [2.05, 4.69) is 10.3 Å². The minimum Gasteiger partial charge on any atom is -0.321 e. The lowest BCUT2D eigenvalue weighted by Gasteiger charge is -2.10. The van der Waals surface area contributed by atoms with Gasteiger partial charge in [0.25, 0.3) is 5.91 Å². The molecule has 0 radical (unpaired) electrons. The van der Waals surface area contributed by atoms with Crippen molar-refractivity contribution in [1.29, 1.82) is 0 Å². The first kappa shape index (κ1) is 16.0. The van der Waals surface area contributed by atoms with Gasteiger partial charge in [-0.1, -0.05) is 41.4 Å². The van der Waals surface area contributed by atoms with Gasteiger partial charge in [0, 0.05) is 16.0 Å². The number of rotatable bonds is 3. The van der Waals surface area contributed by atoms with Crippen LogP contribution in [0.5, 0.6) is 0 Å². The molecular weight excluding hydrogens is 351 g/mol. The number of anilines is 1. The highest BCUT2D eigenvalue weighted by molar-refractivity contribution is 7.09. The van der Waals surface area contributed by atoms with Crippen LogP contribution in [-0.2, 0) is 0 Å². The Labute approximate surface area is 147 Å². The topological polar surface area (TPSA) is 42.0 Å². The minimum absolute atomic E-state index is 0.286. The molecule has 3 nitrogen and oxygen atoms in total. The number of nitrogens with one attached hydrogen (secondary N) is 1. The van der Waals surface area contributed by atoms with Gasteiger partial charge in [0.2, 0.25) is 0 Å². The Morgan fingerprint density at radius 2 is 1.96 bits per heavy atom. The number of amides is 1. The maximum absolute atomic E-state index is 12.5. The van der Waals surface area contributed by atoms with Crippen molar-refractivity contribution in [3.8, 4) is 11.3 Å². The van der Waals surface area contributed by atoms with Gasteiger partial charge in [0.05, 0.1) is 27.0 Å². The number of carbonyl (C=O) groups excluding carboxylic acids is 1. The lowest BCUT2D eigenvalue weighted by molar-refractivity contribution is 0.102. The molecule has 0 bridgehead atoms. The zero-order chi connectivity index (χ0) is 16.4. The molecule has 0 spiro atoms. The zero-order valence-electron chi connectivity index (χ0n) is 12.1. The first-order chi connectivity index (χ1) is 11.0. The number of para-hydroxylation sites is 1. The number of aryl methyl sites for hydroxylation is 1. The Balaban J connectivity index is 1.93. The minimum atomic E-state index is -0.286. The third-order valence-corrected chi connectivity index (χ3v) is 4.57. The zero-order valence-corrected chi connectivity index (χ0v) is 14.5. The monoisotopic (exact) mass is 362 g/mol. The van der Waals surface area contributed by atoms with E-state index in [4.69, 9.17) is 23.2 Å². The van der Waals surface area contributed by atoms with Gasteiger partial charge in [0.1, 0.15) is 0 Å². The van der Waals surface area contributed by atoms with E-state index in [0.29, 0.717) is 21.3 Å². The molecule has 0 saturated heterocycles. The second-order valence-electron chi connectivity index (χ2n) is 4.88. The molecular formula is C17H12Cl2N2OS. The fourth-order valence-electron chi connectivity index (χ4n) is 2.17. The molecule has 3 rings (SSSR count).